The highest BCUT2D eigenvalue weighted by Crippen LogP contribution is 2.13. The fourth-order valence-electron chi connectivity index (χ4n) is 2.09. The van der Waals surface area contributed by atoms with Crippen molar-refractivity contribution in [2.24, 2.45) is 0 Å². The van der Waals surface area contributed by atoms with Crippen LogP contribution in [0.5, 0.6) is 0 Å². The Labute approximate surface area is 117 Å². The van der Waals surface area contributed by atoms with Gasteiger partial charge in [0.15, 0.2) is 0 Å². The monoisotopic (exact) mass is 278 g/mol. The predicted molar refractivity (Wildman–Crippen MR) is 72.2 cm³/mol. The second-order valence-corrected chi connectivity index (χ2v) is 5.03. The number of benzene rings is 1. The largest absolute Gasteiger partial charge is 0.480 e. The van der Waals surface area contributed by atoms with Crippen molar-refractivity contribution in [2.75, 3.05) is 19.6 Å². The molecule has 1 amide bonds. The summed E-state index contributed by atoms with van der Waals surface area (Å²) < 4.78 is 5.21. The van der Waals surface area contributed by atoms with E-state index >= 15 is 0 Å². The smallest absolute Gasteiger partial charge is 0.410 e. The van der Waals surface area contributed by atoms with Gasteiger partial charge < -0.3 is 14.7 Å². The van der Waals surface area contributed by atoms with Gasteiger partial charge in [0.25, 0.3) is 0 Å². The summed E-state index contributed by atoms with van der Waals surface area (Å²) in [5, 5.41) is 12.1. The third-order valence-electron chi connectivity index (χ3n) is 3.34. The van der Waals surface area contributed by atoms with Crippen LogP contribution in [0.4, 0.5) is 4.79 Å². The van der Waals surface area contributed by atoms with Crippen LogP contribution in [-0.4, -0.2) is 47.2 Å². The van der Waals surface area contributed by atoms with Crippen LogP contribution in [-0.2, 0) is 16.1 Å². The van der Waals surface area contributed by atoms with Gasteiger partial charge in [-0.15, -0.1) is 0 Å². The first kappa shape index (κ1) is 14.3. The van der Waals surface area contributed by atoms with Gasteiger partial charge in [-0.1, -0.05) is 30.3 Å². The number of aliphatic carboxylic acids is 1. The molecule has 1 aliphatic rings. The molecule has 2 N–H and O–H groups in total. The van der Waals surface area contributed by atoms with E-state index in [1.165, 1.54) is 4.90 Å². The number of hydrogen-bond donors (Lipinski definition) is 2. The fourth-order valence-corrected chi connectivity index (χ4v) is 2.09. The summed E-state index contributed by atoms with van der Waals surface area (Å²) >= 11 is 0. The number of nitrogens with one attached hydrogen (secondary N) is 1. The number of ether oxygens (including phenoxy) is 1. The summed E-state index contributed by atoms with van der Waals surface area (Å²) in [4.78, 5) is 24.6. The lowest BCUT2D eigenvalue weighted by Crippen LogP contribution is -2.63. The Bertz CT molecular complexity index is 491. The quantitative estimate of drug-likeness (QED) is 0.864. The van der Waals surface area contributed by atoms with Crippen molar-refractivity contribution in [3.05, 3.63) is 35.9 Å². The topological polar surface area (TPSA) is 78.9 Å². The maximum atomic E-state index is 12.0. The number of amides is 1. The minimum Gasteiger partial charge on any atom is -0.480 e. The molecule has 6 heteroatoms. The van der Waals surface area contributed by atoms with Gasteiger partial charge in [0.1, 0.15) is 12.1 Å². The van der Waals surface area contributed by atoms with Crippen LogP contribution >= 0.6 is 0 Å². The summed E-state index contributed by atoms with van der Waals surface area (Å²) in [5.41, 5.74) is -0.221. The van der Waals surface area contributed by atoms with Gasteiger partial charge in [0.05, 0.1) is 6.54 Å². The molecule has 0 aromatic heterocycles. The molecule has 1 aliphatic heterocycles. The summed E-state index contributed by atoms with van der Waals surface area (Å²) in [6, 6.07) is 9.36. The first-order chi connectivity index (χ1) is 9.51. The Balaban J connectivity index is 1.91. The highest BCUT2D eigenvalue weighted by atomic mass is 16.6. The van der Waals surface area contributed by atoms with Gasteiger partial charge in [-0.3, -0.25) is 10.1 Å². The molecule has 0 unspecified atom stereocenters. The lowest BCUT2D eigenvalue weighted by Gasteiger charge is -2.37. The van der Waals surface area contributed by atoms with Crippen LogP contribution in [0, 0.1) is 0 Å². The SMILES string of the molecule is C[C@]1(C(=O)O)CN(C(=O)OCc2ccccc2)CCN1. The first-order valence-corrected chi connectivity index (χ1v) is 6.45. The second kappa shape index (κ2) is 5.92. The molecule has 20 heavy (non-hydrogen) atoms. The zero-order chi connectivity index (χ0) is 14.6. The number of carbonyl (C=O) groups is 2. The van der Waals surface area contributed by atoms with Crippen molar-refractivity contribution in [1.29, 1.82) is 0 Å². The molecular weight excluding hydrogens is 260 g/mol. The lowest BCUT2D eigenvalue weighted by molar-refractivity contribution is -0.145. The number of rotatable bonds is 3. The average molecular weight is 278 g/mol. The molecule has 0 spiro atoms. The standard InChI is InChI=1S/C14H18N2O4/c1-14(12(17)18)10-16(8-7-15-14)13(19)20-9-11-5-3-2-4-6-11/h2-6,15H,7-10H2,1H3,(H,17,18)/t14-/m1/s1. The van der Waals surface area contributed by atoms with Crippen molar-refractivity contribution in [1.82, 2.24) is 10.2 Å². The van der Waals surface area contributed by atoms with Crippen LogP contribution in [0.3, 0.4) is 0 Å². The number of hydrogen-bond acceptors (Lipinski definition) is 4. The minimum absolute atomic E-state index is 0.0932. The van der Waals surface area contributed by atoms with E-state index in [0.717, 1.165) is 5.56 Å². The second-order valence-electron chi connectivity index (χ2n) is 5.03. The molecular formula is C14H18N2O4. The highest BCUT2D eigenvalue weighted by molar-refractivity contribution is 5.80. The van der Waals surface area contributed by atoms with E-state index < -0.39 is 17.6 Å². The molecule has 0 bridgehead atoms. The molecule has 1 aromatic rings. The molecule has 2 rings (SSSR count). The van der Waals surface area contributed by atoms with Gasteiger partial charge >= 0.3 is 12.1 Å². The maximum absolute atomic E-state index is 12.0. The Hall–Kier alpha value is -2.08. The minimum atomic E-state index is -1.12. The Morgan fingerprint density at radius 2 is 2.10 bits per heavy atom. The number of piperazine rings is 1. The fraction of sp³-hybridized carbons (Fsp3) is 0.429. The normalized spacial score (nSPS) is 22.4. The number of nitrogens with zero attached hydrogens (tertiary/aromatic N) is 1. The predicted octanol–water partition coefficient (Wildman–Crippen LogP) is 1.07. The van der Waals surface area contributed by atoms with E-state index in [2.05, 4.69) is 5.32 Å². The summed E-state index contributed by atoms with van der Waals surface area (Å²) in [5.74, 6) is -0.974. The third-order valence-corrected chi connectivity index (χ3v) is 3.34. The van der Waals surface area contributed by atoms with Crippen LogP contribution in [0.1, 0.15) is 12.5 Å². The van der Waals surface area contributed by atoms with Crippen molar-refractivity contribution in [3.63, 3.8) is 0 Å². The molecule has 0 saturated carbocycles. The van der Waals surface area contributed by atoms with Crippen molar-refractivity contribution < 1.29 is 19.4 Å². The number of carbonyl (C=O) groups excluding carboxylic acids is 1. The molecule has 0 radical (unpaired) electrons. The van der Waals surface area contributed by atoms with Crippen LogP contribution in [0.15, 0.2) is 30.3 Å². The van der Waals surface area contributed by atoms with E-state index in [-0.39, 0.29) is 13.2 Å². The Kier molecular flexibility index (Phi) is 4.24. The number of carboxylic acids is 1. The molecule has 1 aromatic carbocycles. The van der Waals surface area contributed by atoms with E-state index in [9.17, 15) is 9.59 Å². The third kappa shape index (κ3) is 3.27. The van der Waals surface area contributed by atoms with E-state index in [1.807, 2.05) is 30.3 Å². The van der Waals surface area contributed by atoms with E-state index in [0.29, 0.717) is 13.1 Å². The van der Waals surface area contributed by atoms with Crippen LogP contribution in [0.2, 0.25) is 0 Å². The summed E-state index contributed by atoms with van der Waals surface area (Å²) in [6.07, 6.45) is -0.483. The van der Waals surface area contributed by atoms with Crippen molar-refractivity contribution >= 4 is 12.1 Å². The summed E-state index contributed by atoms with van der Waals surface area (Å²) in [7, 11) is 0. The Morgan fingerprint density at radius 3 is 2.75 bits per heavy atom. The van der Waals surface area contributed by atoms with Gasteiger partial charge in [-0.25, -0.2) is 4.79 Å². The molecule has 1 fully saturated rings. The van der Waals surface area contributed by atoms with Gasteiger partial charge in [-0.05, 0) is 12.5 Å². The molecule has 6 nitrogen and oxygen atoms in total. The van der Waals surface area contributed by atoms with Crippen molar-refractivity contribution in [3.8, 4) is 0 Å². The summed E-state index contributed by atoms with van der Waals surface area (Å²) in [6.45, 7) is 2.72. The van der Waals surface area contributed by atoms with Gasteiger partial charge in [0, 0.05) is 13.1 Å². The molecule has 0 aliphatic carbocycles. The van der Waals surface area contributed by atoms with Gasteiger partial charge in [-0.2, -0.15) is 0 Å². The van der Waals surface area contributed by atoms with Gasteiger partial charge in [0.2, 0.25) is 0 Å². The zero-order valence-corrected chi connectivity index (χ0v) is 11.3. The van der Waals surface area contributed by atoms with Crippen molar-refractivity contribution in [2.45, 2.75) is 19.1 Å². The van der Waals surface area contributed by atoms with E-state index in [4.69, 9.17) is 9.84 Å². The molecule has 108 valence electrons. The van der Waals surface area contributed by atoms with Crippen LogP contribution < -0.4 is 5.32 Å². The lowest BCUT2D eigenvalue weighted by atomic mass is 10.00. The first-order valence-electron chi connectivity index (χ1n) is 6.45. The molecule has 1 saturated heterocycles. The average Bonchev–Trinajstić information content (AvgIpc) is 2.46. The van der Waals surface area contributed by atoms with E-state index in [1.54, 1.807) is 6.92 Å². The zero-order valence-electron chi connectivity index (χ0n) is 11.3. The highest BCUT2D eigenvalue weighted by Gasteiger charge is 2.39. The number of carboxylic acid groups (broad SMARTS) is 1. The van der Waals surface area contributed by atoms with Crippen LogP contribution in [0.25, 0.3) is 0 Å². The molecule has 1 atom stereocenters. The Morgan fingerprint density at radius 1 is 1.40 bits per heavy atom. The maximum Gasteiger partial charge on any atom is 0.410 e. The molecule has 1 heterocycles.